The minimum Gasteiger partial charge on any atom is -0.444 e. The van der Waals surface area contributed by atoms with Crippen molar-refractivity contribution in [1.82, 2.24) is 14.5 Å². The van der Waals surface area contributed by atoms with Crippen molar-refractivity contribution in [2.45, 2.75) is 20.3 Å². The summed E-state index contributed by atoms with van der Waals surface area (Å²) in [7, 11) is 1.32. The zero-order valence-electron chi connectivity index (χ0n) is 16.6. The van der Waals surface area contributed by atoms with Crippen LogP contribution >= 0.6 is 11.3 Å². The number of halogens is 2. The third-order valence-electron chi connectivity index (χ3n) is 4.89. The highest BCUT2D eigenvalue weighted by molar-refractivity contribution is 7.14. The van der Waals surface area contributed by atoms with Crippen molar-refractivity contribution in [3.8, 4) is 11.3 Å². The Morgan fingerprint density at radius 1 is 1.26 bits per heavy atom. The lowest BCUT2D eigenvalue weighted by atomic mass is 10.1. The van der Waals surface area contributed by atoms with Crippen LogP contribution in [0.15, 0.2) is 31.5 Å². The number of carbonyl (C=O) groups is 1. The largest absolute Gasteiger partial charge is 0.444 e. The van der Waals surface area contributed by atoms with Gasteiger partial charge in [-0.05, 0) is 25.5 Å². The predicted molar refractivity (Wildman–Crippen MR) is 111 cm³/mol. The zero-order valence-corrected chi connectivity index (χ0v) is 17.4. The summed E-state index contributed by atoms with van der Waals surface area (Å²) >= 11 is 1.05. The molecule has 0 aliphatic heterocycles. The summed E-state index contributed by atoms with van der Waals surface area (Å²) in [4.78, 5) is 43.3. The number of aryl methyl sites for hydroxylation is 2. The summed E-state index contributed by atoms with van der Waals surface area (Å²) < 4.78 is 34.3. The van der Waals surface area contributed by atoms with Crippen LogP contribution in [0.5, 0.6) is 0 Å². The SMILES string of the molecule is Cc1ccc(-c2csc(NC(=O)Cc3c(C)oc4[nH]c(=O)n(C)c(=O)c34)n2)c(F)c1F. The number of nitrogens with one attached hydrogen (secondary N) is 2. The first kappa shape index (κ1) is 20.7. The van der Waals surface area contributed by atoms with E-state index in [4.69, 9.17) is 4.42 Å². The Balaban J connectivity index is 1.59. The van der Waals surface area contributed by atoms with E-state index in [1.54, 1.807) is 6.92 Å². The maximum Gasteiger partial charge on any atom is 0.330 e. The molecular formula is C20H16F2N4O4S. The number of hydrogen-bond acceptors (Lipinski definition) is 6. The molecule has 3 aromatic heterocycles. The number of amides is 1. The van der Waals surface area contributed by atoms with Crippen molar-refractivity contribution in [3.05, 3.63) is 66.9 Å². The molecule has 0 saturated heterocycles. The molecule has 1 aromatic carbocycles. The molecule has 2 N–H and O–H groups in total. The van der Waals surface area contributed by atoms with Gasteiger partial charge in [0.05, 0.1) is 12.1 Å². The Kier molecular flexibility index (Phi) is 5.05. The van der Waals surface area contributed by atoms with Gasteiger partial charge in [-0.2, -0.15) is 0 Å². The van der Waals surface area contributed by atoms with E-state index >= 15 is 0 Å². The number of fused-ring (bicyclic) bond motifs is 1. The first-order valence-electron chi connectivity index (χ1n) is 9.09. The van der Waals surface area contributed by atoms with Crippen LogP contribution in [-0.2, 0) is 18.3 Å². The molecule has 4 aromatic rings. The van der Waals surface area contributed by atoms with E-state index in [2.05, 4.69) is 15.3 Å². The van der Waals surface area contributed by atoms with Crippen molar-refractivity contribution in [2.24, 2.45) is 7.05 Å². The molecular weight excluding hydrogens is 430 g/mol. The molecule has 3 heterocycles. The normalized spacial score (nSPS) is 11.3. The van der Waals surface area contributed by atoms with Crippen LogP contribution in [0.4, 0.5) is 13.9 Å². The van der Waals surface area contributed by atoms with Gasteiger partial charge >= 0.3 is 5.69 Å². The second kappa shape index (κ2) is 7.58. The second-order valence-electron chi connectivity index (χ2n) is 6.96. The van der Waals surface area contributed by atoms with Gasteiger partial charge in [0.25, 0.3) is 5.56 Å². The van der Waals surface area contributed by atoms with Crippen LogP contribution in [-0.4, -0.2) is 20.4 Å². The molecule has 0 fully saturated rings. The number of benzene rings is 1. The summed E-state index contributed by atoms with van der Waals surface area (Å²) in [5.74, 6) is -2.12. The van der Waals surface area contributed by atoms with Crippen LogP contribution < -0.4 is 16.6 Å². The van der Waals surface area contributed by atoms with Crippen molar-refractivity contribution < 1.29 is 18.0 Å². The van der Waals surface area contributed by atoms with Gasteiger partial charge in [-0.3, -0.25) is 19.1 Å². The van der Waals surface area contributed by atoms with Crippen LogP contribution in [0.1, 0.15) is 16.9 Å². The number of anilines is 1. The molecule has 4 rings (SSSR count). The third-order valence-corrected chi connectivity index (χ3v) is 5.65. The molecule has 0 spiro atoms. The fraction of sp³-hybridized carbons (Fsp3) is 0.200. The number of H-pyrrole nitrogens is 1. The molecule has 11 heteroatoms. The number of furan rings is 1. The molecule has 0 unspecified atom stereocenters. The molecule has 8 nitrogen and oxygen atoms in total. The molecule has 0 saturated carbocycles. The van der Waals surface area contributed by atoms with Crippen LogP contribution in [0.2, 0.25) is 0 Å². The first-order chi connectivity index (χ1) is 14.7. The van der Waals surface area contributed by atoms with Crippen molar-refractivity contribution in [3.63, 3.8) is 0 Å². The number of thiazole rings is 1. The average molecular weight is 446 g/mol. The van der Waals surface area contributed by atoms with Gasteiger partial charge in [-0.25, -0.2) is 18.6 Å². The Bertz CT molecular complexity index is 1460. The van der Waals surface area contributed by atoms with Crippen LogP contribution in [0.3, 0.4) is 0 Å². The topological polar surface area (TPSA) is 110 Å². The van der Waals surface area contributed by atoms with E-state index in [1.807, 2.05) is 0 Å². The third kappa shape index (κ3) is 3.56. The van der Waals surface area contributed by atoms with Crippen molar-refractivity contribution >= 4 is 33.5 Å². The van der Waals surface area contributed by atoms with E-state index in [0.29, 0.717) is 11.3 Å². The van der Waals surface area contributed by atoms with Gasteiger partial charge in [-0.1, -0.05) is 6.07 Å². The lowest BCUT2D eigenvalue weighted by Gasteiger charge is -2.04. The zero-order chi connectivity index (χ0) is 22.4. The van der Waals surface area contributed by atoms with E-state index in [-0.39, 0.29) is 39.5 Å². The highest BCUT2D eigenvalue weighted by atomic mass is 32.1. The van der Waals surface area contributed by atoms with E-state index in [0.717, 1.165) is 15.9 Å². The molecule has 0 atom stereocenters. The minimum absolute atomic E-state index is 0.00167. The molecule has 1 amide bonds. The number of nitrogens with zero attached hydrogens (tertiary/aromatic N) is 2. The number of aromatic nitrogens is 3. The Hall–Kier alpha value is -3.60. The fourth-order valence-electron chi connectivity index (χ4n) is 3.17. The summed E-state index contributed by atoms with van der Waals surface area (Å²) in [5.41, 5.74) is -0.504. The van der Waals surface area contributed by atoms with Gasteiger partial charge in [0.2, 0.25) is 11.6 Å². The number of rotatable bonds is 4. The summed E-state index contributed by atoms with van der Waals surface area (Å²) in [5, 5.41) is 4.39. The Morgan fingerprint density at radius 3 is 2.74 bits per heavy atom. The molecule has 160 valence electrons. The molecule has 0 aliphatic carbocycles. The van der Waals surface area contributed by atoms with E-state index in [9.17, 15) is 23.2 Å². The van der Waals surface area contributed by atoms with E-state index in [1.165, 1.54) is 31.5 Å². The molecule has 31 heavy (non-hydrogen) atoms. The number of aromatic amines is 1. The van der Waals surface area contributed by atoms with Crippen molar-refractivity contribution in [1.29, 1.82) is 0 Å². The highest BCUT2D eigenvalue weighted by Crippen LogP contribution is 2.29. The monoisotopic (exact) mass is 446 g/mol. The smallest absolute Gasteiger partial charge is 0.330 e. The quantitative estimate of drug-likeness (QED) is 0.501. The van der Waals surface area contributed by atoms with E-state index < -0.39 is 28.8 Å². The van der Waals surface area contributed by atoms with Gasteiger partial charge in [0.15, 0.2) is 16.8 Å². The lowest BCUT2D eigenvalue weighted by Crippen LogP contribution is -2.32. The molecule has 0 bridgehead atoms. The lowest BCUT2D eigenvalue weighted by molar-refractivity contribution is -0.115. The maximum absolute atomic E-state index is 14.2. The highest BCUT2D eigenvalue weighted by Gasteiger charge is 2.21. The van der Waals surface area contributed by atoms with Gasteiger partial charge in [-0.15, -0.1) is 11.3 Å². The first-order valence-corrected chi connectivity index (χ1v) is 9.97. The Labute approximate surface area is 177 Å². The van der Waals surface area contributed by atoms with Crippen molar-refractivity contribution in [2.75, 3.05) is 5.32 Å². The standard InChI is InChI=1S/C20H16F2N4O4S/c1-8-4-5-10(16(22)15(8)21)12-7-31-19(23-12)24-13(27)6-11-9(2)30-17-14(11)18(28)26(3)20(29)25-17/h4-5,7H,6H2,1-3H3,(H,25,29)(H,23,24,27). The summed E-state index contributed by atoms with van der Waals surface area (Å²) in [6.07, 6.45) is -0.206. The molecule has 0 radical (unpaired) electrons. The predicted octanol–water partition coefficient (Wildman–Crippen LogP) is 3.02. The number of hydrogen-bond donors (Lipinski definition) is 2. The number of carbonyl (C=O) groups excluding carboxylic acids is 1. The van der Waals surface area contributed by atoms with Crippen LogP contribution in [0.25, 0.3) is 22.4 Å². The van der Waals surface area contributed by atoms with Gasteiger partial charge in [0.1, 0.15) is 11.1 Å². The molecule has 0 aliphatic rings. The Morgan fingerprint density at radius 2 is 2.00 bits per heavy atom. The maximum atomic E-state index is 14.2. The van der Waals surface area contributed by atoms with Gasteiger partial charge in [0, 0.05) is 23.6 Å². The second-order valence-corrected chi connectivity index (χ2v) is 7.81. The van der Waals surface area contributed by atoms with Crippen LogP contribution in [0, 0.1) is 25.5 Å². The fourth-order valence-corrected chi connectivity index (χ4v) is 3.90. The van der Waals surface area contributed by atoms with Gasteiger partial charge < -0.3 is 9.73 Å². The minimum atomic E-state index is -1.01. The average Bonchev–Trinajstić information content (AvgIpc) is 3.29. The summed E-state index contributed by atoms with van der Waals surface area (Å²) in [6.45, 7) is 3.04. The summed E-state index contributed by atoms with van der Waals surface area (Å²) in [6, 6.07) is 2.87.